The van der Waals surface area contributed by atoms with E-state index in [0.717, 1.165) is 30.8 Å². The van der Waals surface area contributed by atoms with Crippen molar-refractivity contribution in [2.24, 2.45) is 0 Å². The van der Waals surface area contributed by atoms with Crippen LogP contribution in [-0.2, 0) is 42.3 Å². The van der Waals surface area contributed by atoms with E-state index < -0.39 is 5.79 Å². The number of benzene rings is 3. The van der Waals surface area contributed by atoms with Crippen LogP contribution in [0.25, 0.3) is 0 Å². The molecular formula is C38H49N4O2+. The van der Waals surface area contributed by atoms with Crippen LogP contribution in [0.15, 0.2) is 110 Å². The lowest BCUT2D eigenvalue weighted by atomic mass is 9.97. The van der Waals surface area contributed by atoms with Gasteiger partial charge in [-0.05, 0) is 53.1 Å². The first-order valence-electron chi connectivity index (χ1n) is 15.8. The summed E-state index contributed by atoms with van der Waals surface area (Å²) in [5.41, 5.74) is 7.52. The lowest BCUT2D eigenvalue weighted by Crippen LogP contribution is -2.31. The Morgan fingerprint density at radius 2 is 1.34 bits per heavy atom. The van der Waals surface area contributed by atoms with E-state index >= 15 is 0 Å². The fourth-order valence-corrected chi connectivity index (χ4v) is 4.90. The smallest absolute Gasteiger partial charge is 0.244 e. The maximum absolute atomic E-state index is 6.13. The summed E-state index contributed by atoms with van der Waals surface area (Å²) in [6, 6.07) is 25.8. The highest BCUT2D eigenvalue weighted by atomic mass is 16.7. The number of nitrogens with zero attached hydrogens (tertiary/aromatic N) is 4. The molecule has 2 heterocycles. The van der Waals surface area contributed by atoms with Gasteiger partial charge in [0.2, 0.25) is 6.33 Å². The Kier molecular flexibility index (Phi) is 12.1. The van der Waals surface area contributed by atoms with E-state index in [0.29, 0.717) is 19.1 Å². The first kappa shape index (κ1) is 32.9. The fraction of sp³-hybridized carbons (Fsp3) is 0.368. The molecule has 0 aliphatic heterocycles. The van der Waals surface area contributed by atoms with E-state index in [-0.39, 0.29) is 0 Å². The minimum absolute atomic E-state index is 0.496. The summed E-state index contributed by atoms with van der Waals surface area (Å²) in [4.78, 5) is 4.10. The standard InChI is InChI=1S/C35H41N4O2.C3H8/c1-28(2)34-8-6-5-7-33(34)23-39-20-19-38(27-39)22-30-11-15-32(16-12-30)25-41-35(3,4)40-24-31-13-9-29(10-14-31)21-37-18-17-36-26-37;1-3-2/h5-20,26-28H,21-25H2,1-4H3;3H2,1-2H3/q+1;. The van der Waals surface area contributed by atoms with Crippen LogP contribution < -0.4 is 4.57 Å². The SMILES string of the molecule is CC(C)c1ccccc1Cn1cc[n+](Cc2ccc(COC(C)(C)OCc3ccc(Cn4ccnc4)cc3)cc2)c1.CCC. The topological polar surface area (TPSA) is 45.1 Å². The highest BCUT2D eigenvalue weighted by Crippen LogP contribution is 2.20. The lowest BCUT2D eigenvalue weighted by Gasteiger charge is -2.26. The molecule has 6 heteroatoms. The van der Waals surface area contributed by atoms with Gasteiger partial charge in [-0.2, -0.15) is 0 Å². The Labute approximate surface area is 263 Å². The van der Waals surface area contributed by atoms with Gasteiger partial charge in [0.1, 0.15) is 25.5 Å². The van der Waals surface area contributed by atoms with Gasteiger partial charge in [-0.1, -0.05) is 107 Å². The zero-order valence-electron chi connectivity index (χ0n) is 27.3. The molecule has 5 rings (SSSR count). The predicted molar refractivity (Wildman–Crippen MR) is 177 cm³/mol. The van der Waals surface area contributed by atoms with E-state index in [1.807, 2.05) is 26.4 Å². The van der Waals surface area contributed by atoms with Crippen molar-refractivity contribution in [3.63, 3.8) is 0 Å². The van der Waals surface area contributed by atoms with Crippen LogP contribution in [0.4, 0.5) is 0 Å². The first-order chi connectivity index (χ1) is 21.2. The van der Waals surface area contributed by atoms with Gasteiger partial charge < -0.3 is 14.0 Å². The Morgan fingerprint density at radius 1 is 0.750 bits per heavy atom. The van der Waals surface area contributed by atoms with Gasteiger partial charge in [-0.25, -0.2) is 14.1 Å². The molecule has 3 aromatic carbocycles. The minimum Gasteiger partial charge on any atom is -0.346 e. The van der Waals surface area contributed by atoms with E-state index in [4.69, 9.17) is 9.47 Å². The third-order valence-electron chi connectivity index (χ3n) is 7.28. The second-order valence-electron chi connectivity index (χ2n) is 12.2. The van der Waals surface area contributed by atoms with Crippen molar-refractivity contribution in [2.45, 2.75) is 92.5 Å². The minimum atomic E-state index is -0.693. The molecular weight excluding hydrogens is 544 g/mol. The molecule has 232 valence electrons. The molecule has 0 aliphatic carbocycles. The van der Waals surface area contributed by atoms with E-state index in [1.165, 1.54) is 28.7 Å². The van der Waals surface area contributed by atoms with Gasteiger partial charge in [0, 0.05) is 18.9 Å². The van der Waals surface area contributed by atoms with Crippen molar-refractivity contribution in [1.82, 2.24) is 14.1 Å². The predicted octanol–water partition coefficient (Wildman–Crippen LogP) is 8.13. The lowest BCUT2D eigenvalue weighted by molar-refractivity contribution is -0.687. The summed E-state index contributed by atoms with van der Waals surface area (Å²) in [5, 5.41) is 0. The van der Waals surface area contributed by atoms with E-state index in [1.54, 1.807) is 6.20 Å². The molecule has 6 nitrogen and oxygen atoms in total. The third-order valence-corrected chi connectivity index (χ3v) is 7.28. The number of ether oxygens (including phenoxy) is 2. The Hall–Kier alpha value is -4.00. The second kappa shape index (κ2) is 16.2. The van der Waals surface area contributed by atoms with Crippen LogP contribution >= 0.6 is 0 Å². The maximum Gasteiger partial charge on any atom is 0.244 e. The maximum atomic E-state index is 6.13. The van der Waals surface area contributed by atoms with Crippen molar-refractivity contribution in [1.29, 1.82) is 0 Å². The van der Waals surface area contributed by atoms with Gasteiger partial charge in [0.25, 0.3) is 0 Å². The van der Waals surface area contributed by atoms with E-state index in [2.05, 4.69) is 138 Å². The molecule has 0 radical (unpaired) electrons. The number of rotatable bonds is 13. The summed E-state index contributed by atoms with van der Waals surface area (Å²) in [6.45, 7) is 16.2. The summed E-state index contributed by atoms with van der Waals surface area (Å²) in [6.07, 6.45) is 13.3. The average Bonchev–Trinajstić information content (AvgIpc) is 3.69. The number of aromatic nitrogens is 4. The number of hydrogen-bond donors (Lipinski definition) is 0. The van der Waals surface area contributed by atoms with Crippen molar-refractivity contribution in [3.8, 4) is 0 Å². The summed E-state index contributed by atoms with van der Waals surface area (Å²) < 4.78 is 18.8. The molecule has 5 aromatic rings. The van der Waals surface area contributed by atoms with Crippen LogP contribution in [0.1, 0.15) is 87.3 Å². The van der Waals surface area contributed by atoms with Gasteiger partial charge in [0.05, 0.1) is 19.5 Å². The number of hydrogen-bond acceptors (Lipinski definition) is 3. The molecule has 0 bridgehead atoms. The molecule has 0 fully saturated rings. The Balaban J connectivity index is 0.00000141. The van der Waals surface area contributed by atoms with Crippen molar-refractivity contribution in [2.75, 3.05) is 0 Å². The van der Waals surface area contributed by atoms with E-state index in [9.17, 15) is 0 Å². The largest absolute Gasteiger partial charge is 0.346 e. The Bertz CT molecular complexity index is 1520. The van der Waals surface area contributed by atoms with Gasteiger partial charge in [-0.3, -0.25) is 0 Å². The first-order valence-corrected chi connectivity index (χ1v) is 15.8. The van der Waals surface area contributed by atoms with Crippen LogP contribution in [-0.4, -0.2) is 19.9 Å². The molecule has 0 N–H and O–H groups in total. The average molecular weight is 594 g/mol. The van der Waals surface area contributed by atoms with Crippen LogP contribution in [0.2, 0.25) is 0 Å². The quantitative estimate of drug-likeness (QED) is 0.102. The Morgan fingerprint density at radius 3 is 1.93 bits per heavy atom. The zero-order chi connectivity index (χ0) is 31.4. The molecule has 0 amide bonds. The molecule has 0 saturated heterocycles. The van der Waals surface area contributed by atoms with Crippen molar-refractivity contribution >= 4 is 0 Å². The fourth-order valence-electron chi connectivity index (χ4n) is 4.90. The van der Waals surface area contributed by atoms with Crippen molar-refractivity contribution < 1.29 is 14.0 Å². The molecule has 0 atom stereocenters. The van der Waals surface area contributed by atoms with Gasteiger partial charge >= 0.3 is 0 Å². The van der Waals surface area contributed by atoms with Crippen LogP contribution in [0.5, 0.6) is 0 Å². The molecule has 2 aromatic heterocycles. The monoisotopic (exact) mass is 593 g/mol. The van der Waals surface area contributed by atoms with Crippen LogP contribution in [0.3, 0.4) is 0 Å². The van der Waals surface area contributed by atoms with Gasteiger partial charge in [-0.15, -0.1) is 0 Å². The molecule has 44 heavy (non-hydrogen) atoms. The zero-order valence-corrected chi connectivity index (χ0v) is 27.3. The number of imidazole rings is 2. The highest BCUT2D eigenvalue weighted by molar-refractivity contribution is 5.30. The van der Waals surface area contributed by atoms with Gasteiger partial charge in [0.15, 0.2) is 5.79 Å². The molecule has 0 unspecified atom stereocenters. The third kappa shape index (κ3) is 10.3. The molecule has 0 spiro atoms. The summed E-state index contributed by atoms with van der Waals surface area (Å²) in [7, 11) is 0. The molecule has 0 saturated carbocycles. The molecule has 0 aliphatic rings. The summed E-state index contributed by atoms with van der Waals surface area (Å²) in [5.74, 6) is -0.175. The second-order valence-corrected chi connectivity index (χ2v) is 12.2. The summed E-state index contributed by atoms with van der Waals surface area (Å²) >= 11 is 0. The highest BCUT2D eigenvalue weighted by Gasteiger charge is 2.19. The van der Waals surface area contributed by atoms with Crippen molar-refractivity contribution in [3.05, 3.63) is 144 Å². The normalized spacial score (nSPS) is 11.4. The van der Waals surface area contributed by atoms with Crippen LogP contribution in [0, 0.1) is 0 Å².